The fraction of sp³-hybridized carbons (Fsp3) is 0.915. The van der Waals surface area contributed by atoms with E-state index in [0.717, 1.165) is 44.9 Å². The number of hydrogen-bond donors (Lipinski definition) is 6. The Labute approximate surface area is 419 Å². The molecule has 9 nitrogen and oxygen atoms in total. The number of ether oxygens (including phenoxy) is 2. The van der Waals surface area contributed by atoms with Crippen molar-refractivity contribution in [2.24, 2.45) is 0 Å². The first-order valence-corrected chi connectivity index (χ1v) is 29.6. The molecule has 1 saturated heterocycles. The van der Waals surface area contributed by atoms with Gasteiger partial charge in [0.1, 0.15) is 24.4 Å². The van der Waals surface area contributed by atoms with Gasteiger partial charge in [0.05, 0.1) is 25.4 Å². The third kappa shape index (κ3) is 38.4. The highest BCUT2D eigenvalue weighted by molar-refractivity contribution is 5.76. The molecule has 1 rings (SSSR count). The van der Waals surface area contributed by atoms with E-state index in [1.54, 1.807) is 6.08 Å². The zero-order valence-corrected chi connectivity index (χ0v) is 44.6. The molecule has 0 aliphatic carbocycles. The molecular formula is C59H113NO8. The third-order valence-corrected chi connectivity index (χ3v) is 14.3. The summed E-state index contributed by atoms with van der Waals surface area (Å²) >= 11 is 0. The van der Waals surface area contributed by atoms with E-state index in [4.69, 9.17) is 9.47 Å². The second-order valence-electron chi connectivity index (χ2n) is 20.8. The molecule has 402 valence electrons. The lowest BCUT2D eigenvalue weighted by Gasteiger charge is -2.40. The second kappa shape index (κ2) is 49.3. The third-order valence-electron chi connectivity index (χ3n) is 14.3. The number of carbonyl (C=O) groups is 1. The van der Waals surface area contributed by atoms with E-state index in [1.807, 2.05) is 6.08 Å². The minimum Gasteiger partial charge on any atom is -0.394 e. The fourth-order valence-electron chi connectivity index (χ4n) is 9.60. The average Bonchev–Trinajstić information content (AvgIpc) is 3.34. The molecule has 0 aromatic heterocycles. The van der Waals surface area contributed by atoms with Crippen LogP contribution in [0, 0.1) is 0 Å². The number of allylic oxidation sites excluding steroid dienone is 3. The summed E-state index contributed by atoms with van der Waals surface area (Å²) in [7, 11) is 0. The minimum absolute atomic E-state index is 0.186. The summed E-state index contributed by atoms with van der Waals surface area (Å²) in [5, 5.41) is 54.0. The largest absolute Gasteiger partial charge is 0.394 e. The van der Waals surface area contributed by atoms with Crippen molar-refractivity contribution in [1.82, 2.24) is 5.32 Å². The summed E-state index contributed by atoms with van der Waals surface area (Å²) in [4.78, 5) is 12.9. The van der Waals surface area contributed by atoms with Crippen LogP contribution in [-0.2, 0) is 14.3 Å². The van der Waals surface area contributed by atoms with Crippen LogP contribution in [0.5, 0.6) is 0 Å². The summed E-state index contributed by atoms with van der Waals surface area (Å²) in [6.07, 6.45) is 56.2. The Kier molecular flexibility index (Phi) is 46.9. The highest BCUT2D eigenvalue weighted by Crippen LogP contribution is 2.23. The standard InChI is InChI=1S/C59H113NO8/c1-3-5-7-9-11-12-13-14-15-16-17-18-19-20-21-22-23-24-25-26-27-28-29-30-31-32-33-34-35-36-37-38-39-40-41-43-45-47-49-55(63)60-52(53(62)48-46-44-42-10-8-6-4-2)51-67-59-58(66)57(65)56(64)54(50-61)68-59/h8,10,46,48,52-54,56-59,61-62,64-66H,3-7,9,11-45,47,49-51H2,1-2H3,(H,60,63)/b10-8+,48-46+. The van der Waals surface area contributed by atoms with Crippen LogP contribution in [0.15, 0.2) is 24.3 Å². The first kappa shape index (κ1) is 64.7. The van der Waals surface area contributed by atoms with E-state index in [0.29, 0.717) is 6.42 Å². The van der Waals surface area contributed by atoms with E-state index in [1.165, 1.54) is 225 Å². The molecule has 1 fully saturated rings. The van der Waals surface area contributed by atoms with Crippen molar-refractivity contribution in [3.05, 3.63) is 24.3 Å². The Morgan fingerprint density at radius 1 is 0.485 bits per heavy atom. The van der Waals surface area contributed by atoms with Crippen LogP contribution in [0.1, 0.15) is 290 Å². The van der Waals surface area contributed by atoms with Crippen molar-refractivity contribution in [2.45, 2.75) is 333 Å². The molecular weight excluding hydrogens is 851 g/mol. The monoisotopic (exact) mass is 964 g/mol. The minimum atomic E-state index is -1.57. The van der Waals surface area contributed by atoms with Crippen LogP contribution < -0.4 is 5.32 Å². The molecule has 1 aliphatic heterocycles. The van der Waals surface area contributed by atoms with E-state index in [2.05, 4.69) is 31.3 Å². The molecule has 1 aliphatic rings. The molecule has 0 aromatic carbocycles. The summed E-state index contributed by atoms with van der Waals surface area (Å²) in [6, 6.07) is -0.815. The number of aliphatic hydroxyl groups excluding tert-OH is 5. The lowest BCUT2D eigenvalue weighted by Crippen LogP contribution is -2.60. The topological polar surface area (TPSA) is 149 Å². The van der Waals surface area contributed by atoms with Crippen molar-refractivity contribution in [2.75, 3.05) is 13.2 Å². The molecule has 6 N–H and O–H groups in total. The maximum absolute atomic E-state index is 12.9. The lowest BCUT2D eigenvalue weighted by molar-refractivity contribution is -0.302. The average molecular weight is 965 g/mol. The fourth-order valence-corrected chi connectivity index (χ4v) is 9.60. The van der Waals surface area contributed by atoms with Crippen molar-refractivity contribution >= 4 is 5.91 Å². The van der Waals surface area contributed by atoms with Gasteiger partial charge < -0.3 is 40.3 Å². The van der Waals surface area contributed by atoms with Crippen LogP contribution in [0.25, 0.3) is 0 Å². The summed E-state index contributed by atoms with van der Waals surface area (Å²) < 4.78 is 11.2. The van der Waals surface area contributed by atoms with Crippen LogP contribution >= 0.6 is 0 Å². The van der Waals surface area contributed by atoms with Gasteiger partial charge in [-0.2, -0.15) is 0 Å². The van der Waals surface area contributed by atoms with Gasteiger partial charge in [-0.1, -0.05) is 282 Å². The van der Waals surface area contributed by atoms with E-state index < -0.39 is 49.5 Å². The summed E-state index contributed by atoms with van der Waals surface area (Å²) in [5.74, 6) is -0.186. The number of rotatable bonds is 51. The molecule has 0 spiro atoms. The van der Waals surface area contributed by atoms with Crippen molar-refractivity contribution in [3.63, 3.8) is 0 Å². The first-order chi connectivity index (χ1) is 33.3. The first-order valence-electron chi connectivity index (χ1n) is 29.6. The van der Waals surface area contributed by atoms with Crippen molar-refractivity contribution in [3.8, 4) is 0 Å². The Bertz CT molecular complexity index is 1120. The molecule has 0 saturated carbocycles. The Morgan fingerprint density at radius 2 is 0.838 bits per heavy atom. The zero-order valence-electron chi connectivity index (χ0n) is 44.6. The van der Waals surface area contributed by atoms with Crippen LogP contribution in [0.2, 0.25) is 0 Å². The Balaban J connectivity index is 1.95. The van der Waals surface area contributed by atoms with E-state index in [9.17, 15) is 30.3 Å². The lowest BCUT2D eigenvalue weighted by atomic mass is 9.99. The molecule has 0 bridgehead atoms. The summed E-state index contributed by atoms with van der Waals surface area (Å²) in [6.45, 7) is 3.67. The number of nitrogens with one attached hydrogen (secondary N) is 1. The van der Waals surface area contributed by atoms with Gasteiger partial charge in [0, 0.05) is 6.42 Å². The van der Waals surface area contributed by atoms with Gasteiger partial charge in [0.25, 0.3) is 0 Å². The van der Waals surface area contributed by atoms with Crippen molar-refractivity contribution < 1.29 is 39.8 Å². The predicted octanol–water partition coefficient (Wildman–Crippen LogP) is 14.6. The molecule has 7 unspecified atom stereocenters. The molecule has 1 heterocycles. The van der Waals surface area contributed by atoms with Crippen molar-refractivity contribution in [1.29, 1.82) is 0 Å². The van der Waals surface area contributed by atoms with E-state index in [-0.39, 0.29) is 12.5 Å². The highest BCUT2D eigenvalue weighted by Gasteiger charge is 2.44. The van der Waals surface area contributed by atoms with Gasteiger partial charge in [-0.3, -0.25) is 4.79 Å². The molecule has 9 heteroatoms. The number of amides is 1. The van der Waals surface area contributed by atoms with Crippen LogP contribution in [0.3, 0.4) is 0 Å². The summed E-state index contributed by atoms with van der Waals surface area (Å²) in [5.41, 5.74) is 0. The predicted molar refractivity (Wildman–Crippen MR) is 286 cm³/mol. The van der Waals surface area contributed by atoms with Gasteiger partial charge in [-0.05, 0) is 25.7 Å². The second-order valence-corrected chi connectivity index (χ2v) is 20.8. The molecule has 7 atom stereocenters. The van der Waals surface area contributed by atoms with E-state index >= 15 is 0 Å². The SMILES string of the molecule is CCC/C=C/CC/C=C/C(O)C(COC1OC(CO)C(O)C(O)C1O)NC(=O)CCCCCCCCCCCCCCCCCCCCCCCCCCCCCCCCCCCCCCCC. The van der Waals surface area contributed by atoms with Crippen LogP contribution in [0.4, 0.5) is 0 Å². The maximum Gasteiger partial charge on any atom is 0.220 e. The molecule has 0 aromatic rings. The molecule has 0 radical (unpaired) electrons. The normalized spacial score (nSPS) is 19.7. The van der Waals surface area contributed by atoms with Gasteiger partial charge >= 0.3 is 0 Å². The number of aliphatic hydroxyl groups is 5. The Morgan fingerprint density at radius 3 is 1.21 bits per heavy atom. The highest BCUT2D eigenvalue weighted by atomic mass is 16.7. The van der Waals surface area contributed by atoms with Gasteiger partial charge in [-0.15, -0.1) is 0 Å². The number of hydrogen-bond acceptors (Lipinski definition) is 8. The molecule has 1 amide bonds. The van der Waals surface area contributed by atoms with Gasteiger partial charge in [0.15, 0.2) is 6.29 Å². The van der Waals surface area contributed by atoms with Gasteiger partial charge in [0.2, 0.25) is 5.91 Å². The quantitative estimate of drug-likeness (QED) is 0.0261. The number of carbonyl (C=O) groups excluding carboxylic acids is 1. The zero-order chi connectivity index (χ0) is 49.4. The molecule has 68 heavy (non-hydrogen) atoms. The maximum atomic E-state index is 12.9. The van der Waals surface area contributed by atoms with Gasteiger partial charge in [-0.25, -0.2) is 0 Å². The Hall–Kier alpha value is -1.33. The number of unbranched alkanes of at least 4 members (excludes halogenated alkanes) is 39. The van der Waals surface area contributed by atoms with Crippen LogP contribution in [-0.4, -0.2) is 87.5 Å². The smallest absolute Gasteiger partial charge is 0.220 e.